The van der Waals surface area contributed by atoms with Crippen molar-refractivity contribution in [3.05, 3.63) is 36.9 Å². The fraction of sp³-hybridized carbons (Fsp3) is 0.450. The average molecular weight is 470 g/mol. The molecular formula is C20H27N3O8S. The van der Waals surface area contributed by atoms with E-state index in [4.69, 9.17) is 15.2 Å². The number of sulfonamides is 1. The van der Waals surface area contributed by atoms with Gasteiger partial charge >= 0.3 is 5.97 Å². The van der Waals surface area contributed by atoms with Crippen LogP contribution in [-0.2, 0) is 38.6 Å². The predicted octanol–water partition coefficient (Wildman–Crippen LogP) is -0.0703. The van der Waals surface area contributed by atoms with Gasteiger partial charge in [-0.05, 0) is 18.6 Å². The molecule has 2 rings (SSSR count). The number of carbonyl (C=O) groups excluding carboxylic acids is 3. The predicted molar refractivity (Wildman–Crippen MR) is 114 cm³/mol. The maximum atomic E-state index is 12.7. The summed E-state index contributed by atoms with van der Waals surface area (Å²) < 4.78 is 42.2. The lowest BCUT2D eigenvalue weighted by molar-refractivity contribution is -0.141. The van der Waals surface area contributed by atoms with Crippen LogP contribution in [0.4, 0.5) is 5.69 Å². The lowest BCUT2D eigenvalue weighted by Crippen LogP contribution is -2.46. The molecule has 0 saturated heterocycles. The number of rotatable bonds is 13. The molecule has 2 atom stereocenters. The zero-order chi connectivity index (χ0) is 23.8. The Morgan fingerprint density at radius 2 is 1.91 bits per heavy atom. The Morgan fingerprint density at radius 1 is 1.22 bits per heavy atom. The standard InChI is InChI=1S/C20H27N3O8S/c1-3-14-12-20(14,21)19(26)23-32(27,28)16-7-5-4-6-15(16)22-17(24)13-31-11-10-30-9-8-18(25)29-2/h3-7,14H,1,8-13,21H2,2H3,(H,22,24)(H,23,26)/t14-,20-/m1/s1. The van der Waals surface area contributed by atoms with Gasteiger partial charge in [-0.1, -0.05) is 18.2 Å². The Kier molecular flexibility index (Phi) is 8.89. The maximum Gasteiger partial charge on any atom is 0.307 e. The fourth-order valence-corrected chi connectivity index (χ4v) is 3.97. The highest BCUT2D eigenvalue weighted by atomic mass is 32.2. The topological polar surface area (TPSA) is 163 Å². The molecule has 1 aromatic rings. The van der Waals surface area contributed by atoms with Gasteiger partial charge in [0.05, 0.1) is 39.0 Å². The van der Waals surface area contributed by atoms with Gasteiger partial charge in [-0.25, -0.2) is 13.1 Å². The van der Waals surface area contributed by atoms with Crippen LogP contribution < -0.4 is 15.8 Å². The van der Waals surface area contributed by atoms with Gasteiger partial charge in [0.1, 0.15) is 17.0 Å². The maximum absolute atomic E-state index is 12.7. The van der Waals surface area contributed by atoms with Gasteiger partial charge in [-0.2, -0.15) is 0 Å². The Morgan fingerprint density at radius 3 is 2.56 bits per heavy atom. The Labute approximate surface area is 186 Å². The highest BCUT2D eigenvalue weighted by Gasteiger charge is 2.56. The van der Waals surface area contributed by atoms with Crippen LogP contribution in [0.15, 0.2) is 41.8 Å². The number of nitrogens with two attached hydrogens (primary N) is 1. The zero-order valence-electron chi connectivity index (χ0n) is 17.7. The summed E-state index contributed by atoms with van der Waals surface area (Å²) in [6, 6.07) is 5.63. The lowest BCUT2D eigenvalue weighted by Gasteiger charge is -2.15. The molecule has 11 nitrogen and oxygen atoms in total. The molecule has 0 unspecified atom stereocenters. The van der Waals surface area contributed by atoms with Crippen molar-refractivity contribution in [2.24, 2.45) is 11.7 Å². The minimum absolute atomic E-state index is 0.0159. The van der Waals surface area contributed by atoms with Crippen molar-refractivity contribution >= 4 is 33.5 Å². The smallest absolute Gasteiger partial charge is 0.307 e. The van der Waals surface area contributed by atoms with Crippen LogP contribution >= 0.6 is 0 Å². The largest absolute Gasteiger partial charge is 0.469 e. The minimum Gasteiger partial charge on any atom is -0.469 e. The molecular weight excluding hydrogens is 442 g/mol. The van der Waals surface area contributed by atoms with Crippen LogP contribution in [0.1, 0.15) is 12.8 Å². The fourth-order valence-electron chi connectivity index (χ4n) is 2.76. The van der Waals surface area contributed by atoms with Crippen molar-refractivity contribution in [2.75, 3.05) is 38.9 Å². The molecule has 0 spiro atoms. The molecule has 0 heterocycles. The number of amides is 2. The Hall–Kier alpha value is -2.80. The molecule has 176 valence electrons. The van der Waals surface area contributed by atoms with Crippen molar-refractivity contribution in [1.29, 1.82) is 0 Å². The van der Waals surface area contributed by atoms with E-state index in [2.05, 4.69) is 16.6 Å². The molecule has 0 aliphatic heterocycles. The number of benzene rings is 1. The molecule has 1 fully saturated rings. The average Bonchev–Trinajstić information content (AvgIpc) is 3.44. The van der Waals surface area contributed by atoms with Crippen LogP contribution in [0.25, 0.3) is 0 Å². The third kappa shape index (κ3) is 6.85. The number of esters is 1. The quantitative estimate of drug-likeness (QED) is 0.204. The second kappa shape index (κ2) is 11.2. The van der Waals surface area contributed by atoms with Crippen molar-refractivity contribution in [3.63, 3.8) is 0 Å². The van der Waals surface area contributed by atoms with E-state index >= 15 is 0 Å². The summed E-state index contributed by atoms with van der Waals surface area (Å²) in [5.74, 6) is -2.12. The third-order valence-electron chi connectivity index (χ3n) is 4.73. The number of anilines is 1. The van der Waals surface area contributed by atoms with Crippen molar-refractivity contribution in [1.82, 2.24) is 4.72 Å². The summed E-state index contributed by atoms with van der Waals surface area (Å²) in [7, 11) is -3.00. The molecule has 0 bridgehead atoms. The molecule has 1 aromatic carbocycles. The molecule has 4 N–H and O–H groups in total. The van der Waals surface area contributed by atoms with E-state index in [9.17, 15) is 22.8 Å². The molecule has 1 saturated carbocycles. The first-order valence-electron chi connectivity index (χ1n) is 9.74. The number of ether oxygens (including phenoxy) is 3. The first-order valence-corrected chi connectivity index (χ1v) is 11.2. The van der Waals surface area contributed by atoms with Gasteiger partial charge in [-0.15, -0.1) is 6.58 Å². The third-order valence-corrected chi connectivity index (χ3v) is 6.12. The number of hydrogen-bond acceptors (Lipinski definition) is 9. The summed E-state index contributed by atoms with van der Waals surface area (Å²) in [6.45, 7) is 3.62. The lowest BCUT2D eigenvalue weighted by atomic mass is 10.2. The van der Waals surface area contributed by atoms with E-state index in [0.29, 0.717) is 6.42 Å². The Bertz CT molecular complexity index is 965. The first kappa shape index (κ1) is 25.5. The molecule has 0 aromatic heterocycles. The van der Waals surface area contributed by atoms with Crippen LogP contribution in [0.5, 0.6) is 0 Å². The molecule has 1 aliphatic rings. The highest BCUT2D eigenvalue weighted by molar-refractivity contribution is 7.90. The Balaban J connectivity index is 1.86. The van der Waals surface area contributed by atoms with Crippen molar-refractivity contribution in [2.45, 2.75) is 23.3 Å². The number of para-hydroxylation sites is 1. The summed E-state index contributed by atoms with van der Waals surface area (Å²) in [6.07, 6.45) is 1.92. The van der Waals surface area contributed by atoms with E-state index in [1.54, 1.807) is 0 Å². The number of carbonyl (C=O) groups is 3. The van der Waals surface area contributed by atoms with Gasteiger partial charge in [0, 0.05) is 5.92 Å². The molecule has 12 heteroatoms. The van der Waals surface area contributed by atoms with Crippen LogP contribution in [0.2, 0.25) is 0 Å². The molecule has 32 heavy (non-hydrogen) atoms. The van der Waals surface area contributed by atoms with E-state index in [1.807, 2.05) is 4.72 Å². The van der Waals surface area contributed by atoms with Gasteiger partial charge in [-0.3, -0.25) is 14.4 Å². The van der Waals surface area contributed by atoms with E-state index in [1.165, 1.54) is 37.5 Å². The number of hydrogen-bond donors (Lipinski definition) is 3. The van der Waals surface area contributed by atoms with Crippen LogP contribution in [0.3, 0.4) is 0 Å². The number of methoxy groups -OCH3 is 1. The molecule has 1 aliphatic carbocycles. The normalized spacial score (nSPS) is 19.6. The van der Waals surface area contributed by atoms with E-state index < -0.39 is 33.3 Å². The summed E-state index contributed by atoms with van der Waals surface area (Å²) in [4.78, 5) is 35.1. The van der Waals surface area contributed by atoms with E-state index in [0.717, 1.165) is 0 Å². The summed E-state index contributed by atoms with van der Waals surface area (Å²) in [5, 5.41) is 2.44. The summed E-state index contributed by atoms with van der Waals surface area (Å²) >= 11 is 0. The van der Waals surface area contributed by atoms with Crippen molar-refractivity contribution < 1.29 is 37.0 Å². The second-order valence-corrected chi connectivity index (χ2v) is 8.71. The van der Waals surface area contributed by atoms with Gasteiger partial charge in [0.2, 0.25) is 5.91 Å². The second-order valence-electron chi connectivity index (χ2n) is 7.06. The SMILES string of the molecule is C=C[C@@H]1C[C@]1(N)C(=O)NS(=O)(=O)c1ccccc1NC(=O)COCCOCCC(=O)OC. The highest BCUT2D eigenvalue weighted by Crippen LogP contribution is 2.42. The van der Waals surface area contributed by atoms with Crippen LogP contribution in [-0.4, -0.2) is 65.3 Å². The zero-order valence-corrected chi connectivity index (χ0v) is 18.5. The molecule has 2 amide bonds. The summed E-state index contributed by atoms with van der Waals surface area (Å²) in [5.41, 5.74) is 4.58. The van der Waals surface area contributed by atoms with E-state index in [-0.39, 0.29) is 49.3 Å². The van der Waals surface area contributed by atoms with Gasteiger partial charge < -0.3 is 25.3 Å². The monoisotopic (exact) mass is 469 g/mol. The molecule has 0 radical (unpaired) electrons. The number of nitrogens with one attached hydrogen (secondary N) is 2. The van der Waals surface area contributed by atoms with Gasteiger partial charge in [0.25, 0.3) is 15.9 Å². The first-order chi connectivity index (χ1) is 15.1. The minimum atomic E-state index is -4.28. The van der Waals surface area contributed by atoms with Crippen LogP contribution in [0, 0.1) is 5.92 Å². The van der Waals surface area contributed by atoms with Crippen molar-refractivity contribution in [3.8, 4) is 0 Å². The van der Waals surface area contributed by atoms with Gasteiger partial charge in [0.15, 0.2) is 0 Å².